The van der Waals surface area contributed by atoms with E-state index >= 15 is 0 Å². The van der Waals surface area contributed by atoms with Crippen LogP contribution in [-0.2, 0) is 31.2 Å². The standard InChI is InChI=1S/C19H25N5O2/c1-24-17(14-4-2-3-5-15(14)23-24)12-21-19(25)22-16-8-11-26-18(16)13-6-9-20-10-7-13/h6-7,9-10,16,18H,2-5,8,11-12H2,1H3,(H2,21,22,25)/t16-,18+/m1/s1. The molecule has 2 aromatic rings. The maximum Gasteiger partial charge on any atom is 0.315 e. The Balaban J connectivity index is 1.37. The summed E-state index contributed by atoms with van der Waals surface area (Å²) < 4.78 is 7.72. The zero-order valence-corrected chi connectivity index (χ0v) is 15.1. The third-order valence-corrected chi connectivity index (χ3v) is 5.31. The van der Waals surface area contributed by atoms with Gasteiger partial charge in [0.05, 0.1) is 24.0 Å². The first kappa shape index (κ1) is 17.0. The van der Waals surface area contributed by atoms with Crippen LogP contribution < -0.4 is 10.6 Å². The lowest BCUT2D eigenvalue weighted by Crippen LogP contribution is -2.43. The minimum atomic E-state index is -0.162. The average molecular weight is 355 g/mol. The van der Waals surface area contributed by atoms with Crippen molar-refractivity contribution in [2.75, 3.05) is 6.61 Å². The number of amides is 2. The van der Waals surface area contributed by atoms with Crippen LogP contribution in [0.3, 0.4) is 0 Å². The maximum absolute atomic E-state index is 12.4. The quantitative estimate of drug-likeness (QED) is 0.879. The molecule has 2 N–H and O–H groups in total. The van der Waals surface area contributed by atoms with Gasteiger partial charge in [-0.25, -0.2) is 4.79 Å². The molecular formula is C19H25N5O2. The molecule has 2 atom stereocenters. The van der Waals surface area contributed by atoms with Crippen LogP contribution >= 0.6 is 0 Å². The number of carbonyl (C=O) groups is 1. The summed E-state index contributed by atoms with van der Waals surface area (Å²) >= 11 is 0. The SMILES string of the molecule is Cn1nc2c(c1CNC(=O)N[C@@H]1CCO[C@H]1c1ccncc1)CCCC2. The van der Waals surface area contributed by atoms with Crippen molar-refractivity contribution < 1.29 is 9.53 Å². The molecule has 7 heteroatoms. The smallest absolute Gasteiger partial charge is 0.315 e. The van der Waals surface area contributed by atoms with Gasteiger partial charge in [0.25, 0.3) is 0 Å². The molecule has 7 nitrogen and oxygen atoms in total. The fourth-order valence-electron chi connectivity index (χ4n) is 3.97. The minimum Gasteiger partial charge on any atom is -0.371 e. The number of hydrogen-bond acceptors (Lipinski definition) is 4. The molecule has 1 saturated heterocycles. The number of nitrogens with zero attached hydrogens (tertiary/aromatic N) is 3. The molecule has 0 spiro atoms. The average Bonchev–Trinajstić information content (AvgIpc) is 3.24. The third kappa shape index (κ3) is 3.44. The van der Waals surface area contributed by atoms with E-state index in [2.05, 4.69) is 20.7 Å². The van der Waals surface area contributed by atoms with E-state index in [0.717, 1.165) is 30.5 Å². The lowest BCUT2D eigenvalue weighted by Gasteiger charge is -2.20. The molecular weight excluding hydrogens is 330 g/mol. The fraction of sp³-hybridized carbons (Fsp3) is 0.526. The molecule has 1 aliphatic carbocycles. The first-order valence-electron chi connectivity index (χ1n) is 9.32. The van der Waals surface area contributed by atoms with E-state index in [1.807, 2.05) is 23.9 Å². The Labute approximate surface area is 153 Å². The summed E-state index contributed by atoms with van der Waals surface area (Å²) in [6.07, 6.45) is 8.69. The molecule has 26 heavy (non-hydrogen) atoms. The number of fused-ring (bicyclic) bond motifs is 1. The van der Waals surface area contributed by atoms with E-state index in [-0.39, 0.29) is 18.2 Å². The second kappa shape index (κ2) is 7.45. The lowest BCUT2D eigenvalue weighted by atomic mass is 9.96. The van der Waals surface area contributed by atoms with Crippen molar-refractivity contribution in [3.8, 4) is 0 Å². The number of pyridine rings is 1. The summed E-state index contributed by atoms with van der Waals surface area (Å²) in [7, 11) is 1.96. The zero-order valence-electron chi connectivity index (χ0n) is 15.1. The highest BCUT2D eigenvalue weighted by atomic mass is 16.5. The largest absolute Gasteiger partial charge is 0.371 e. The van der Waals surface area contributed by atoms with Gasteiger partial charge in [0.2, 0.25) is 0 Å². The van der Waals surface area contributed by atoms with E-state index in [4.69, 9.17) is 4.74 Å². The van der Waals surface area contributed by atoms with Crippen LogP contribution in [0.4, 0.5) is 4.79 Å². The van der Waals surface area contributed by atoms with E-state index in [1.165, 1.54) is 24.1 Å². The van der Waals surface area contributed by atoms with Gasteiger partial charge in [0.1, 0.15) is 6.10 Å². The molecule has 138 valence electrons. The minimum absolute atomic E-state index is 0.0298. The molecule has 0 unspecified atom stereocenters. The fourth-order valence-corrected chi connectivity index (χ4v) is 3.97. The maximum atomic E-state index is 12.4. The first-order valence-corrected chi connectivity index (χ1v) is 9.32. The van der Waals surface area contributed by atoms with Gasteiger partial charge in [-0.15, -0.1) is 0 Å². The highest BCUT2D eigenvalue weighted by molar-refractivity contribution is 5.74. The summed E-state index contributed by atoms with van der Waals surface area (Å²) in [5.74, 6) is 0. The van der Waals surface area contributed by atoms with Gasteiger partial charge in [0, 0.05) is 26.0 Å². The second-order valence-electron chi connectivity index (χ2n) is 7.00. The first-order chi connectivity index (χ1) is 12.7. The molecule has 1 fully saturated rings. The molecule has 0 aromatic carbocycles. The predicted octanol–water partition coefficient (Wildman–Crippen LogP) is 2.02. The van der Waals surface area contributed by atoms with Crippen LogP contribution in [0.2, 0.25) is 0 Å². The number of ether oxygens (including phenoxy) is 1. The monoisotopic (exact) mass is 355 g/mol. The van der Waals surface area contributed by atoms with E-state index in [9.17, 15) is 4.79 Å². The number of nitrogens with one attached hydrogen (secondary N) is 2. The van der Waals surface area contributed by atoms with Gasteiger partial charge in [-0.05, 0) is 55.4 Å². The topological polar surface area (TPSA) is 81.1 Å². The number of hydrogen-bond donors (Lipinski definition) is 2. The van der Waals surface area contributed by atoms with E-state index in [1.54, 1.807) is 12.4 Å². The summed E-state index contributed by atoms with van der Waals surface area (Å²) in [6.45, 7) is 1.14. The van der Waals surface area contributed by atoms with Crippen molar-refractivity contribution in [1.82, 2.24) is 25.4 Å². The Morgan fingerprint density at radius 3 is 2.96 bits per heavy atom. The molecule has 2 amide bonds. The Hall–Kier alpha value is -2.41. The Morgan fingerprint density at radius 1 is 1.31 bits per heavy atom. The van der Waals surface area contributed by atoms with Crippen LogP contribution in [-0.4, -0.2) is 33.4 Å². The van der Waals surface area contributed by atoms with Gasteiger partial charge in [-0.1, -0.05) is 0 Å². The van der Waals surface area contributed by atoms with Crippen molar-refractivity contribution in [1.29, 1.82) is 0 Å². The molecule has 0 radical (unpaired) electrons. The van der Waals surface area contributed by atoms with E-state index in [0.29, 0.717) is 13.2 Å². The number of rotatable bonds is 4. The molecule has 2 aliphatic rings. The van der Waals surface area contributed by atoms with Crippen LogP contribution in [0.25, 0.3) is 0 Å². The molecule has 3 heterocycles. The molecule has 0 bridgehead atoms. The van der Waals surface area contributed by atoms with Crippen molar-refractivity contribution in [3.05, 3.63) is 47.0 Å². The van der Waals surface area contributed by atoms with Crippen LogP contribution in [0.5, 0.6) is 0 Å². The van der Waals surface area contributed by atoms with Crippen LogP contribution in [0.1, 0.15) is 47.9 Å². The third-order valence-electron chi connectivity index (χ3n) is 5.31. The zero-order chi connectivity index (χ0) is 17.9. The van der Waals surface area contributed by atoms with Crippen LogP contribution in [0, 0.1) is 0 Å². The van der Waals surface area contributed by atoms with Crippen molar-refractivity contribution in [2.45, 2.75) is 50.8 Å². The van der Waals surface area contributed by atoms with Crippen molar-refractivity contribution >= 4 is 6.03 Å². The number of carbonyl (C=O) groups excluding carboxylic acids is 1. The van der Waals surface area contributed by atoms with Crippen molar-refractivity contribution in [2.24, 2.45) is 7.05 Å². The van der Waals surface area contributed by atoms with Gasteiger partial charge < -0.3 is 15.4 Å². The number of aryl methyl sites for hydroxylation is 2. The Morgan fingerprint density at radius 2 is 2.12 bits per heavy atom. The van der Waals surface area contributed by atoms with Gasteiger partial charge in [-0.3, -0.25) is 9.67 Å². The number of urea groups is 1. The van der Waals surface area contributed by atoms with Gasteiger partial charge >= 0.3 is 6.03 Å². The highest BCUT2D eigenvalue weighted by Gasteiger charge is 2.31. The predicted molar refractivity (Wildman–Crippen MR) is 96.6 cm³/mol. The van der Waals surface area contributed by atoms with Crippen molar-refractivity contribution in [3.63, 3.8) is 0 Å². The van der Waals surface area contributed by atoms with E-state index < -0.39 is 0 Å². The van der Waals surface area contributed by atoms with Gasteiger partial charge in [0.15, 0.2) is 0 Å². The molecule has 4 rings (SSSR count). The summed E-state index contributed by atoms with van der Waals surface area (Å²) in [6, 6.07) is 3.68. The highest BCUT2D eigenvalue weighted by Crippen LogP contribution is 2.28. The number of aromatic nitrogens is 3. The normalized spacial score (nSPS) is 22.0. The second-order valence-corrected chi connectivity index (χ2v) is 7.00. The van der Waals surface area contributed by atoms with Crippen LogP contribution in [0.15, 0.2) is 24.5 Å². The Bertz CT molecular complexity index is 774. The molecule has 2 aromatic heterocycles. The summed E-state index contributed by atoms with van der Waals surface area (Å²) in [5.41, 5.74) is 4.67. The Kier molecular flexibility index (Phi) is 4.88. The lowest BCUT2D eigenvalue weighted by molar-refractivity contribution is 0.0998. The summed E-state index contributed by atoms with van der Waals surface area (Å²) in [4.78, 5) is 16.5. The van der Waals surface area contributed by atoms with Gasteiger partial charge in [-0.2, -0.15) is 5.10 Å². The molecule has 1 aliphatic heterocycles. The summed E-state index contributed by atoms with van der Waals surface area (Å²) in [5, 5.41) is 10.7. The molecule has 0 saturated carbocycles.